The summed E-state index contributed by atoms with van der Waals surface area (Å²) in [5.41, 5.74) is 4.02. The van der Waals surface area contributed by atoms with Crippen LogP contribution < -0.4 is 5.32 Å². The number of nitrogens with one attached hydrogen (secondary N) is 1. The third kappa shape index (κ3) is 4.42. The normalized spacial score (nSPS) is 22.2. The molecule has 5 heteroatoms. The molecule has 0 aliphatic carbocycles. The van der Waals surface area contributed by atoms with E-state index in [1.807, 2.05) is 17.5 Å². The number of carbonyl (C=O) groups is 1. The second kappa shape index (κ2) is 7.74. The van der Waals surface area contributed by atoms with Gasteiger partial charge in [0.15, 0.2) is 0 Å². The molecule has 0 bridgehead atoms. The summed E-state index contributed by atoms with van der Waals surface area (Å²) in [6.45, 7) is 8.08. The molecule has 1 aromatic carbocycles. The van der Waals surface area contributed by atoms with Gasteiger partial charge in [-0.15, -0.1) is 11.3 Å². The van der Waals surface area contributed by atoms with E-state index in [0.29, 0.717) is 6.61 Å². The number of piperidine rings is 1. The molecule has 2 aliphatic rings. The van der Waals surface area contributed by atoms with Gasteiger partial charge in [0.05, 0.1) is 23.1 Å². The van der Waals surface area contributed by atoms with E-state index in [0.717, 1.165) is 43.8 Å². The lowest BCUT2D eigenvalue weighted by Crippen LogP contribution is -2.44. The Labute approximate surface area is 165 Å². The van der Waals surface area contributed by atoms with Crippen molar-refractivity contribution in [3.05, 3.63) is 57.3 Å². The second-order valence-electron chi connectivity index (χ2n) is 8.12. The topological polar surface area (TPSA) is 41.6 Å². The van der Waals surface area contributed by atoms with Crippen LogP contribution in [0.4, 0.5) is 0 Å². The van der Waals surface area contributed by atoms with E-state index in [1.165, 1.54) is 28.0 Å². The van der Waals surface area contributed by atoms with E-state index in [-0.39, 0.29) is 17.6 Å². The maximum Gasteiger partial charge on any atom is 0.261 e. The summed E-state index contributed by atoms with van der Waals surface area (Å²) in [5.74, 6) is 0.0305. The molecular weight excluding hydrogens is 356 g/mol. The fourth-order valence-corrected chi connectivity index (χ4v) is 5.11. The number of nitrogens with zero attached hydrogens (tertiary/aromatic N) is 1. The molecule has 1 amide bonds. The maximum atomic E-state index is 12.3. The molecule has 2 aliphatic heterocycles. The first-order valence-corrected chi connectivity index (χ1v) is 10.7. The smallest absolute Gasteiger partial charge is 0.261 e. The number of benzene rings is 1. The number of thiophene rings is 1. The zero-order chi connectivity index (χ0) is 18.9. The van der Waals surface area contributed by atoms with Crippen molar-refractivity contribution in [2.24, 2.45) is 0 Å². The summed E-state index contributed by atoms with van der Waals surface area (Å²) < 4.78 is 6.21. The zero-order valence-electron chi connectivity index (χ0n) is 16.2. The van der Waals surface area contributed by atoms with Crippen LogP contribution in [0.1, 0.15) is 45.6 Å². The first-order valence-electron chi connectivity index (χ1n) is 9.79. The lowest BCUT2D eigenvalue weighted by molar-refractivity contribution is -0.0449. The van der Waals surface area contributed by atoms with E-state index >= 15 is 0 Å². The van der Waals surface area contributed by atoms with Gasteiger partial charge in [0.25, 0.3) is 5.91 Å². The average Bonchev–Trinajstić information content (AvgIpc) is 3.27. The third-order valence-electron chi connectivity index (χ3n) is 5.74. The van der Waals surface area contributed by atoms with Crippen LogP contribution in [0, 0.1) is 13.8 Å². The summed E-state index contributed by atoms with van der Waals surface area (Å²) in [6, 6.07) is 10.7. The fourth-order valence-electron chi connectivity index (χ4n) is 4.49. The summed E-state index contributed by atoms with van der Waals surface area (Å²) in [5, 5.41) is 5.09. The van der Waals surface area contributed by atoms with Crippen molar-refractivity contribution < 1.29 is 9.53 Å². The van der Waals surface area contributed by atoms with E-state index in [2.05, 4.69) is 42.3 Å². The summed E-state index contributed by atoms with van der Waals surface area (Å²) >= 11 is 1.49. The van der Waals surface area contributed by atoms with E-state index in [1.54, 1.807) is 0 Å². The van der Waals surface area contributed by atoms with Crippen LogP contribution in [0.5, 0.6) is 0 Å². The van der Waals surface area contributed by atoms with Gasteiger partial charge in [-0.2, -0.15) is 0 Å². The average molecular weight is 385 g/mol. The second-order valence-corrected chi connectivity index (χ2v) is 9.07. The Hall–Kier alpha value is -1.69. The fraction of sp³-hybridized carbons (Fsp3) is 0.500. The van der Waals surface area contributed by atoms with Gasteiger partial charge in [0.2, 0.25) is 0 Å². The zero-order valence-corrected chi connectivity index (χ0v) is 17.0. The summed E-state index contributed by atoms with van der Waals surface area (Å²) in [4.78, 5) is 15.6. The molecule has 144 valence electrons. The van der Waals surface area contributed by atoms with Crippen molar-refractivity contribution in [1.82, 2.24) is 10.2 Å². The quantitative estimate of drug-likeness (QED) is 0.869. The molecule has 2 fully saturated rings. The first-order chi connectivity index (χ1) is 13.0. The molecule has 27 heavy (non-hydrogen) atoms. The predicted octanol–water partition coefficient (Wildman–Crippen LogP) is 3.92. The Bertz CT molecular complexity index is 774. The van der Waals surface area contributed by atoms with Crippen molar-refractivity contribution in [2.45, 2.75) is 51.3 Å². The monoisotopic (exact) mass is 384 g/mol. The van der Waals surface area contributed by atoms with Crippen LogP contribution in [0.15, 0.2) is 35.7 Å². The molecule has 4 nitrogen and oxygen atoms in total. The van der Waals surface area contributed by atoms with Gasteiger partial charge in [0, 0.05) is 19.6 Å². The largest absolute Gasteiger partial charge is 0.373 e. The Kier molecular flexibility index (Phi) is 5.35. The highest BCUT2D eigenvalue weighted by molar-refractivity contribution is 7.12. The minimum absolute atomic E-state index is 0.0305. The highest BCUT2D eigenvalue weighted by Crippen LogP contribution is 2.36. The number of aryl methyl sites for hydroxylation is 2. The lowest BCUT2D eigenvalue weighted by atomic mass is 9.87. The van der Waals surface area contributed by atoms with Crippen molar-refractivity contribution >= 4 is 17.2 Å². The molecule has 1 N–H and O–H groups in total. The first kappa shape index (κ1) is 18.7. The van der Waals surface area contributed by atoms with Crippen LogP contribution in [0.2, 0.25) is 0 Å². The van der Waals surface area contributed by atoms with Gasteiger partial charge in [-0.3, -0.25) is 9.69 Å². The maximum absolute atomic E-state index is 12.3. The number of ether oxygens (including phenoxy) is 1. The Balaban J connectivity index is 1.29. The number of hydrogen-bond acceptors (Lipinski definition) is 4. The van der Waals surface area contributed by atoms with Crippen LogP contribution in [-0.2, 0) is 11.3 Å². The standard InChI is InChI=1S/C22H28N2O2S/c1-16-10-17(2)12-18(11-16)14-24-7-5-22(6-8-24)13-19(15-26-22)23-21(25)20-4-3-9-27-20/h3-4,9-12,19H,5-8,13-15H2,1-2H3,(H,23,25). The predicted molar refractivity (Wildman–Crippen MR) is 109 cm³/mol. The van der Waals surface area contributed by atoms with E-state index in [9.17, 15) is 4.79 Å². The number of rotatable bonds is 4. The SMILES string of the molecule is Cc1cc(C)cc(CN2CCC3(CC2)CC(NC(=O)c2cccs2)CO3)c1. The summed E-state index contributed by atoms with van der Waals surface area (Å²) in [6.07, 6.45) is 3.02. The lowest BCUT2D eigenvalue weighted by Gasteiger charge is -2.38. The minimum atomic E-state index is -0.0492. The van der Waals surface area contributed by atoms with E-state index < -0.39 is 0 Å². The molecule has 1 unspecified atom stereocenters. The number of likely N-dealkylation sites (tertiary alicyclic amines) is 1. The van der Waals surface area contributed by atoms with Crippen LogP contribution in [-0.4, -0.2) is 42.1 Å². The van der Waals surface area contributed by atoms with Gasteiger partial charge >= 0.3 is 0 Å². The molecular formula is C22H28N2O2S. The van der Waals surface area contributed by atoms with Crippen molar-refractivity contribution in [3.63, 3.8) is 0 Å². The Morgan fingerprint density at radius 3 is 2.67 bits per heavy atom. The number of carbonyl (C=O) groups excluding carboxylic acids is 1. The van der Waals surface area contributed by atoms with E-state index in [4.69, 9.17) is 4.74 Å². The minimum Gasteiger partial charge on any atom is -0.373 e. The van der Waals surface area contributed by atoms with Crippen LogP contribution >= 0.6 is 11.3 Å². The van der Waals surface area contributed by atoms with Crippen LogP contribution in [0.25, 0.3) is 0 Å². The molecule has 0 saturated carbocycles. The van der Waals surface area contributed by atoms with Crippen LogP contribution in [0.3, 0.4) is 0 Å². The summed E-state index contributed by atoms with van der Waals surface area (Å²) in [7, 11) is 0. The molecule has 2 aromatic rings. The third-order valence-corrected chi connectivity index (χ3v) is 6.61. The van der Waals surface area contributed by atoms with Gasteiger partial charge in [-0.05, 0) is 50.1 Å². The Morgan fingerprint density at radius 2 is 2.00 bits per heavy atom. The Morgan fingerprint density at radius 1 is 1.26 bits per heavy atom. The molecule has 1 aromatic heterocycles. The van der Waals surface area contributed by atoms with Gasteiger partial charge in [0.1, 0.15) is 0 Å². The molecule has 2 saturated heterocycles. The highest BCUT2D eigenvalue weighted by Gasteiger charge is 2.43. The van der Waals surface area contributed by atoms with Gasteiger partial charge in [-0.1, -0.05) is 35.4 Å². The van der Waals surface area contributed by atoms with Gasteiger partial charge in [-0.25, -0.2) is 0 Å². The number of hydrogen-bond donors (Lipinski definition) is 1. The highest BCUT2D eigenvalue weighted by atomic mass is 32.1. The van der Waals surface area contributed by atoms with Crippen molar-refractivity contribution in [2.75, 3.05) is 19.7 Å². The molecule has 1 spiro atoms. The van der Waals surface area contributed by atoms with Gasteiger partial charge < -0.3 is 10.1 Å². The van der Waals surface area contributed by atoms with Crippen molar-refractivity contribution in [3.8, 4) is 0 Å². The molecule has 4 rings (SSSR count). The van der Waals surface area contributed by atoms with Crippen molar-refractivity contribution in [1.29, 1.82) is 0 Å². The number of amides is 1. The molecule has 1 atom stereocenters. The molecule has 0 radical (unpaired) electrons. The molecule has 3 heterocycles.